The molecule has 4 rings (SSSR count). The molecule has 0 spiro atoms. The van der Waals surface area contributed by atoms with Gasteiger partial charge in [0.15, 0.2) is 11.6 Å². The molecule has 7 nitrogen and oxygen atoms in total. The van der Waals surface area contributed by atoms with Crippen molar-refractivity contribution in [1.29, 1.82) is 0 Å². The van der Waals surface area contributed by atoms with E-state index in [4.69, 9.17) is 4.74 Å². The number of ether oxygens (including phenoxy) is 1. The summed E-state index contributed by atoms with van der Waals surface area (Å²) in [5, 5.41) is 0. The minimum Gasteiger partial charge on any atom is -0.453 e. The highest BCUT2D eigenvalue weighted by Gasteiger charge is 2.28. The molecule has 0 saturated carbocycles. The minimum atomic E-state index is -3.88. The van der Waals surface area contributed by atoms with Crippen molar-refractivity contribution >= 4 is 27.4 Å². The van der Waals surface area contributed by atoms with Crippen LogP contribution in [0.5, 0.6) is 11.5 Å². The summed E-state index contributed by atoms with van der Waals surface area (Å²) in [6.45, 7) is 1.87. The average molecular weight is 395 g/mol. The summed E-state index contributed by atoms with van der Waals surface area (Å²) in [6.07, 6.45) is 1.56. The SMILES string of the molecule is Cc1cccc(NS(=O)(=O)c2ccc3c(c2)C(=O)N(C)c2ncccc2O3)c1. The Hall–Kier alpha value is -3.39. The normalized spacial score (nSPS) is 13.2. The van der Waals surface area contributed by atoms with Gasteiger partial charge in [0.05, 0.1) is 10.5 Å². The second-order valence-electron chi connectivity index (χ2n) is 6.42. The van der Waals surface area contributed by atoms with Crippen LogP contribution in [0.3, 0.4) is 0 Å². The van der Waals surface area contributed by atoms with Gasteiger partial charge in [-0.15, -0.1) is 0 Å². The number of anilines is 2. The van der Waals surface area contributed by atoms with E-state index in [0.717, 1.165) is 5.56 Å². The number of hydrogen-bond donors (Lipinski definition) is 1. The van der Waals surface area contributed by atoms with Gasteiger partial charge in [-0.1, -0.05) is 12.1 Å². The minimum absolute atomic E-state index is 0.0305. The number of carbonyl (C=O) groups excluding carboxylic acids is 1. The Balaban J connectivity index is 1.74. The molecule has 0 atom stereocenters. The van der Waals surface area contributed by atoms with Gasteiger partial charge in [0.1, 0.15) is 5.75 Å². The lowest BCUT2D eigenvalue weighted by atomic mass is 10.2. The summed E-state index contributed by atoms with van der Waals surface area (Å²) in [7, 11) is -2.31. The first-order valence-electron chi connectivity index (χ1n) is 8.49. The third kappa shape index (κ3) is 3.18. The first-order valence-corrected chi connectivity index (χ1v) is 9.98. The van der Waals surface area contributed by atoms with Gasteiger partial charge in [0.25, 0.3) is 15.9 Å². The Bertz CT molecular complexity index is 1190. The van der Waals surface area contributed by atoms with Crippen molar-refractivity contribution in [1.82, 2.24) is 4.98 Å². The number of aryl methyl sites for hydroxylation is 1. The maximum Gasteiger partial charge on any atom is 0.263 e. The lowest BCUT2D eigenvalue weighted by Gasteiger charge is -2.14. The summed E-state index contributed by atoms with van der Waals surface area (Å²) >= 11 is 0. The molecule has 0 fully saturated rings. The lowest BCUT2D eigenvalue weighted by molar-refractivity contribution is 0.0992. The molecule has 8 heteroatoms. The van der Waals surface area contributed by atoms with E-state index < -0.39 is 15.9 Å². The lowest BCUT2D eigenvalue weighted by Crippen LogP contribution is -2.26. The fourth-order valence-electron chi connectivity index (χ4n) is 2.96. The number of nitrogens with zero attached hydrogens (tertiary/aromatic N) is 2. The molecule has 28 heavy (non-hydrogen) atoms. The van der Waals surface area contributed by atoms with Crippen molar-refractivity contribution in [3.05, 3.63) is 71.9 Å². The van der Waals surface area contributed by atoms with Crippen LogP contribution in [-0.2, 0) is 10.0 Å². The molecule has 2 heterocycles. The molecule has 1 aromatic heterocycles. The zero-order valence-corrected chi connectivity index (χ0v) is 16.0. The third-order valence-corrected chi connectivity index (χ3v) is 5.73. The number of sulfonamides is 1. The Labute approximate surface area is 162 Å². The number of rotatable bonds is 3. The fraction of sp³-hybridized carbons (Fsp3) is 0.100. The van der Waals surface area contributed by atoms with Gasteiger partial charge in [-0.2, -0.15) is 0 Å². The average Bonchev–Trinajstić information content (AvgIpc) is 2.77. The van der Waals surface area contributed by atoms with E-state index in [1.165, 1.54) is 23.1 Å². The van der Waals surface area contributed by atoms with Crippen molar-refractivity contribution in [2.45, 2.75) is 11.8 Å². The molecule has 1 N–H and O–H groups in total. The van der Waals surface area contributed by atoms with Crippen LogP contribution in [0.1, 0.15) is 15.9 Å². The highest BCUT2D eigenvalue weighted by Crippen LogP contribution is 2.37. The molecule has 2 aromatic carbocycles. The highest BCUT2D eigenvalue weighted by molar-refractivity contribution is 7.92. The molecule has 1 aliphatic heterocycles. The molecule has 0 bridgehead atoms. The molecule has 1 amide bonds. The second-order valence-corrected chi connectivity index (χ2v) is 8.11. The number of hydrogen-bond acceptors (Lipinski definition) is 5. The summed E-state index contributed by atoms with van der Waals surface area (Å²) in [5.74, 6) is 0.662. The number of nitrogens with one attached hydrogen (secondary N) is 1. The van der Waals surface area contributed by atoms with Crippen molar-refractivity contribution in [3.63, 3.8) is 0 Å². The number of pyridine rings is 1. The molecule has 142 valence electrons. The van der Waals surface area contributed by atoms with E-state index in [-0.39, 0.29) is 16.2 Å². The molecule has 0 unspecified atom stereocenters. The maximum atomic E-state index is 12.9. The predicted molar refractivity (Wildman–Crippen MR) is 105 cm³/mol. The molecule has 0 saturated heterocycles. The largest absolute Gasteiger partial charge is 0.453 e. The molecular formula is C20H17N3O4S. The van der Waals surface area contributed by atoms with Gasteiger partial charge < -0.3 is 4.74 Å². The number of benzene rings is 2. The zero-order valence-electron chi connectivity index (χ0n) is 15.2. The monoisotopic (exact) mass is 395 g/mol. The van der Waals surface area contributed by atoms with E-state index in [1.807, 2.05) is 13.0 Å². The number of carbonyl (C=O) groups is 1. The maximum absolute atomic E-state index is 12.9. The third-order valence-electron chi connectivity index (χ3n) is 4.36. The number of fused-ring (bicyclic) bond motifs is 2. The molecule has 3 aromatic rings. The standard InChI is InChI=1S/C20H17N3O4S/c1-13-5-3-6-14(11-13)22-28(25,26)15-8-9-17-16(12-15)20(24)23(2)19-18(27-17)7-4-10-21-19/h3-12,22H,1-2H3. The van der Waals surface area contributed by atoms with Crippen LogP contribution in [0.4, 0.5) is 11.5 Å². The first kappa shape index (κ1) is 18.0. The topological polar surface area (TPSA) is 88.6 Å². The quantitative estimate of drug-likeness (QED) is 0.732. The van der Waals surface area contributed by atoms with Gasteiger partial charge >= 0.3 is 0 Å². The Morgan fingerprint density at radius 3 is 2.64 bits per heavy atom. The van der Waals surface area contributed by atoms with Gasteiger partial charge in [0, 0.05) is 18.9 Å². The van der Waals surface area contributed by atoms with E-state index in [2.05, 4.69) is 9.71 Å². The van der Waals surface area contributed by atoms with Crippen molar-refractivity contribution in [2.75, 3.05) is 16.7 Å². The first-order chi connectivity index (χ1) is 13.3. The fourth-order valence-corrected chi connectivity index (χ4v) is 4.04. The van der Waals surface area contributed by atoms with Crippen LogP contribution in [-0.4, -0.2) is 26.4 Å². The Kier molecular flexibility index (Phi) is 4.27. The summed E-state index contributed by atoms with van der Waals surface area (Å²) in [4.78, 5) is 18.4. The van der Waals surface area contributed by atoms with Crippen LogP contribution in [0.15, 0.2) is 65.7 Å². The van der Waals surface area contributed by atoms with Crippen molar-refractivity contribution in [2.24, 2.45) is 0 Å². The van der Waals surface area contributed by atoms with Crippen LogP contribution >= 0.6 is 0 Å². The van der Waals surface area contributed by atoms with Crippen LogP contribution in [0.25, 0.3) is 0 Å². The smallest absolute Gasteiger partial charge is 0.263 e. The van der Waals surface area contributed by atoms with Crippen LogP contribution in [0, 0.1) is 6.92 Å². The van der Waals surface area contributed by atoms with Crippen LogP contribution in [0.2, 0.25) is 0 Å². The second kappa shape index (κ2) is 6.65. The van der Waals surface area contributed by atoms with Gasteiger partial charge in [0.2, 0.25) is 0 Å². The van der Waals surface area contributed by atoms with E-state index in [9.17, 15) is 13.2 Å². The van der Waals surface area contributed by atoms with E-state index >= 15 is 0 Å². The summed E-state index contributed by atoms with van der Waals surface area (Å²) in [5.41, 5.74) is 1.52. The molecule has 1 aliphatic rings. The van der Waals surface area contributed by atoms with Gasteiger partial charge in [-0.25, -0.2) is 13.4 Å². The van der Waals surface area contributed by atoms with Crippen molar-refractivity contribution < 1.29 is 17.9 Å². The van der Waals surface area contributed by atoms with Crippen LogP contribution < -0.4 is 14.4 Å². The van der Waals surface area contributed by atoms with Gasteiger partial charge in [-0.05, 0) is 55.0 Å². The summed E-state index contributed by atoms with van der Waals surface area (Å²) in [6, 6.07) is 14.6. The molecule has 0 aliphatic carbocycles. The Morgan fingerprint density at radius 1 is 1.04 bits per heavy atom. The molecule has 0 radical (unpaired) electrons. The highest BCUT2D eigenvalue weighted by atomic mass is 32.2. The molecular weight excluding hydrogens is 378 g/mol. The number of amides is 1. The van der Waals surface area contributed by atoms with Gasteiger partial charge in [-0.3, -0.25) is 14.4 Å². The van der Waals surface area contributed by atoms with Crippen molar-refractivity contribution in [3.8, 4) is 11.5 Å². The van der Waals surface area contributed by atoms with E-state index in [1.54, 1.807) is 43.6 Å². The zero-order chi connectivity index (χ0) is 19.9. The Morgan fingerprint density at radius 2 is 1.86 bits per heavy atom. The van der Waals surface area contributed by atoms with E-state index in [0.29, 0.717) is 17.3 Å². The number of aromatic nitrogens is 1. The predicted octanol–water partition coefficient (Wildman–Crippen LogP) is 3.57. The summed E-state index contributed by atoms with van der Waals surface area (Å²) < 4.78 is 33.9.